The van der Waals surface area contributed by atoms with E-state index in [1.54, 1.807) is 0 Å². The molecule has 4 aliphatic carbocycles. The van der Waals surface area contributed by atoms with Crippen LogP contribution in [0.15, 0.2) is 4.79 Å². The lowest BCUT2D eigenvalue weighted by molar-refractivity contribution is -0.00494. The molecule has 5 nitrogen and oxygen atoms in total. The fourth-order valence-corrected chi connectivity index (χ4v) is 4.95. The zero-order chi connectivity index (χ0) is 12.3. The second-order valence-electron chi connectivity index (χ2n) is 6.38. The third-order valence-corrected chi connectivity index (χ3v) is 5.28. The summed E-state index contributed by atoms with van der Waals surface area (Å²) in [6, 6.07) is 0. The molecule has 1 aromatic rings. The van der Waals surface area contributed by atoms with Gasteiger partial charge in [0.2, 0.25) is 5.95 Å². The topological polar surface area (TPSA) is 84.7 Å². The molecule has 4 aliphatic rings. The number of hydrogen-bond donors (Lipinski definition) is 2. The van der Waals surface area contributed by atoms with E-state index in [1.165, 1.54) is 32.1 Å². The second kappa shape index (κ2) is 3.56. The number of hydrogen-bond acceptors (Lipinski definition) is 4. The molecule has 0 amide bonds. The molecule has 4 fully saturated rings. The number of nitrogen functional groups attached to an aromatic ring is 1. The lowest BCUT2D eigenvalue weighted by Crippen LogP contribution is -2.45. The molecule has 0 atom stereocenters. The highest BCUT2D eigenvalue weighted by atomic mass is 16.1. The van der Waals surface area contributed by atoms with E-state index in [0.717, 1.165) is 11.8 Å². The van der Waals surface area contributed by atoms with E-state index in [0.29, 0.717) is 23.4 Å². The summed E-state index contributed by atoms with van der Waals surface area (Å²) >= 11 is 0. The summed E-state index contributed by atoms with van der Waals surface area (Å²) in [4.78, 5) is 14.6. The fraction of sp³-hybridized carbons (Fsp3) is 0.769. The summed E-state index contributed by atoms with van der Waals surface area (Å²) in [5, 5.41) is 7.95. The van der Waals surface area contributed by atoms with E-state index >= 15 is 0 Å². The summed E-state index contributed by atoms with van der Waals surface area (Å²) < 4.78 is 0. The molecule has 4 bridgehead atoms. The Morgan fingerprint density at radius 1 is 1.00 bits per heavy atom. The van der Waals surface area contributed by atoms with E-state index in [4.69, 9.17) is 5.73 Å². The first-order valence-corrected chi connectivity index (χ1v) is 6.93. The van der Waals surface area contributed by atoms with Gasteiger partial charge in [0, 0.05) is 5.92 Å². The van der Waals surface area contributed by atoms with Crippen LogP contribution in [0, 0.1) is 23.7 Å². The number of H-pyrrole nitrogens is 1. The zero-order valence-corrected chi connectivity index (χ0v) is 10.3. The van der Waals surface area contributed by atoms with Gasteiger partial charge >= 0.3 is 0 Å². The minimum absolute atomic E-state index is 0.118. The van der Waals surface area contributed by atoms with Crippen LogP contribution >= 0.6 is 0 Å². The van der Waals surface area contributed by atoms with Crippen molar-refractivity contribution >= 4 is 5.95 Å². The molecule has 3 N–H and O–H groups in total. The highest BCUT2D eigenvalue weighted by Gasteiger charge is 2.49. The predicted octanol–water partition coefficient (Wildman–Crippen LogP) is 1.29. The lowest BCUT2D eigenvalue weighted by atomic mass is 9.51. The largest absolute Gasteiger partial charge is 0.368 e. The third-order valence-electron chi connectivity index (χ3n) is 5.28. The lowest BCUT2D eigenvalue weighted by Gasteiger charge is -2.53. The second-order valence-corrected chi connectivity index (χ2v) is 6.38. The number of nitrogens with one attached hydrogen (secondary N) is 1. The number of aromatic amines is 1. The van der Waals surface area contributed by atoms with Crippen molar-refractivity contribution in [2.24, 2.45) is 23.7 Å². The minimum Gasteiger partial charge on any atom is -0.368 e. The van der Waals surface area contributed by atoms with Crippen molar-refractivity contribution in [1.82, 2.24) is 15.2 Å². The first kappa shape index (κ1) is 10.5. The molecule has 0 saturated heterocycles. The number of nitrogens with zero attached hydrogens (tertiary/aromatic N) is 2. The van der Waals surface area contributed by atoms with Crippen molar-refractivity contribution in [3.05, 3.63) is 16.0 Å². The maximum atomic E-state index is 12.0. The Morgan fingerprint density at radius 2 is 1.61 bits per heavy atom. The van der Waals surface area contributed by atoms with Crippen LogP contribution < -0.4 is 11.3 Å². The van der Waals surface area contributed by atoms with E-state index in [1.807, 2.05) is 0 Å². The van der Waals surface area contributed by atoms with Gasteiger partial charge in [0.25, 0.3) is 5.56 Å². The summed E-state index contributed by atoms with van der Waals surface area (Å²) in [5.74, 6) is 3.57. The van der Waals surface area contributed by atoms with Gasteiger partial charge < -0.3 is 5.73 Å². The standard InChI is InChI=1S/C13H18N4O/c14-13-15-12(18)11(16-17-13)10-8-2-6-1-7(4-8)5-9(10)3-6/h6-10H,1-5H2,(H3,14,15,17,18). The average molecular weight is 246 g/mol. The van der Waals surface area contributed by atoms with Gasteiger partial charge in [0.1, 0.15) is 5.69 Å². The van der Waals surface area contributed by atoms with Crippen LogP contribution in [0.5, 0.6) is 0 Å². The molecular weight excluding hydrogens is 228 g/mol. The van der Waals surface area contributed by atoms with E-state index < -0.39 is 0 Å². The zero-order valence-electron chi connectivity index (χ0n) is 10.3. The molecule has 0 aliphatic heterocycles. The molecule has 5 rings (SSSR count). The van der Waals surface area contributed by atoms with Gasteiger partial charge in [-0.05, 0) is 55.8 Å². The molecule has 1 aromatic heterocycles. The molecule has 0 aromatic carbocycles. The Hall–Kier alpha value is -1.39. The summed E-state index contributed by atoms with van der Waals surface area (Å²) in [7, 11) is 0. The smallest absolute Gasteiger partial charge is 0.274 e. The number of anilines is 1. The minimum atomic E-state index is -0.125. The van der Waals surface area contributed by atoms with Crippen LogP contribution in [0.2, 0.25) is 0 Å². The van der Waals surface area contributed by atoms with Gasteiger partial charge in [-0.15, -0.1) is 10.2 Å². The highest BCUT2D eigenvalue weighted by Crippen LogP contribution is 2.58. The molecule has 4 saturated carbocycles. The molecule has 5 heteroatoms. The first-order valence-electron chi connectivity index (χ1n) is 6.93. The van der Waals surface area contributed by atoms with E-state index in [-0.39, 0.29) is 11.5 Å². The molecule has 0 radical (unpaired) electrons. The van der Waals surface area contributed by atoms with Crippen LogP contribution in [0.1, 0.15) is 43.7 Å². The molecule has 18 heavy (non-hydrogen) atoms. The van der Waals surface area contributed by atoms with Crippen molar-refractivity contribution in [3.8, 4) is 0 Å². The van der Waals surface area contributed by atoms with Gasteiger partial charge in [-0.25, -0.2) is 0 Å². The summed E-state index contributed by atoms with van der Waals surface area (Å²) in [6.07, 6.45) is 6.54. The Balaban J connectivity index is 1.74. The number of rotatable bonds is 1. The fourth-order valence-electron chi connectivity index (χ4n) is 4.95. The monoisotopic (exact) mass is 246 g/mol. The van der Waals surface area contributed by atoms with Crippen molar-refractivity contribution in [1.29, 1.82) is 0 Å². The van der Waals surface area contributed by atoms with Gasteiger partial charge in [0.05, 0.1) is 0 Å². The summed E-state index contributed by atoms with van der Waals surface area (Å²) in [6.45, 7) is 0. The van der Waals surface area contributed by atoms with Crippen LogP contribution in [0.25, 0.3) is 0 Å². The third kappa shape index (κ3) is 1.42. The maximum Gasteiger partial charge on any atom is 0.274 e. The Kier molecular flexibility index (Phi) is 2.08. The van der Waals surface area contributed by atoms with Gasteiger partial charge in [-0.3, -0.25) is 9.78 Å². The van der Waals surface area contributed by atoms with E-state index in [9.17, 15) is 4.79 Å². The molecular formula is C13H18N4O. The Labute approximate surface area is 105 Å². The normalized spacial score (nSPS) is 41.2. The average Bonchev–Trinajstić information content (AvgIpc) is 2.30. The van der Waals surface area contributed by atoms with Crippen molar-refractivity contribution in [3.63, 3.8) is 0 Å². The molecule has 96 valence electrons. The van der Waals surface area contributed by atoms with Crippen LogP contribution in [-0.4, -0.2) is 15.2 Å². The maximum absolute atomic E-state index is 12.0. The highest BCUT2D eigenvalue weighted by molar-refractivity contribution is 5.18. The molecule has 0 spiro atoms. The SMILES string of the molecule is Nc1nnc(C2C3CC4CC(C3)CC2C4)c(=O)[nH]1. The summed E-state index contributed by atoms with van der Waals surface area (Å²) in [5.41, 5.74) is 5.98. The van der Waals surface area contributed by atoms with Gasteiger partial charge in [0.15, 0.2) is 0 Å². The van der Waals surface area contributed by atoms with Gasteiger partial charge in [-0.2, -0.15) is 0 Å². The van der Waals surface area contributed by atoms with Crippen molar-refractivity contribution < 1.29 is 0 Å². The number of nitrogens with two attached hydrogens (primary N) is 1. The Morgan fingerprint density at radius 3 is 2.17 bits per heavy atom. The molecule has 1 heterocycles. The van der Waals surface area contributed by atoms with Crippen molar-refractivity contribution in [2.45, 2.75) is 38.0 Å². The number of aromatic nitrogens is 3. The first-order chi connectivity index (χ1) is 8.70. The Bertz CT molecular complexity index is 510. The van der Waals surface area contributed by atoms with Crippen LogP contribution in [-0.2, 0) is 0 Å². The quantitative estimate of drug-likeness (QED) is 0.782. The predicted molar refractivity (Wildman–Crippen MR) is 66.9 cm³/mol. The van der Waals surface area contributed by atoms with Crippen LogP contribution in [0.4, 0.5) is 5.95 Å². The van der Waals surface area contributed by atoms with E-state index in [2.05, 4.69) is 15.2 Å². The molecule has 0 unspecified atom stereocenters. The van der Waals surface area contributed by atoms with Gasteiger partial charge in [-0.1, -0.05) is 0 Å². The van der Waals surface area contributed by atoms with Crippen LogP contribution in [0.3, 0.4) is 0 Å². The van der Waals surface area contributed by atoms with Crippen molar-refractivity contribution in [2.75, 3.05) is 5.73 Å².